The second-order valence-corrected chi connectivity index (χ2v) is 14.2. The molecule has 230 valence electrons. The molecule has 0 saturated carbocycles. The van der Waals surface area contributed by atoms with Crippen LogP contribution in [-0.4, -0.2) is 48.8 Å². The molecule has 1 atom stereocenters. The lowest BCUT2D eigenvalue weighted by Gasteiger charge is -2.32. The maximum Gasteiger partial charge on any atom is 0.319 e. The molecule has 1 unspecified atom stereocenters. The Hall–Kier alpha value is -3.71. The van der Waals surface area contributed by atoms with Gasteiger partial charge in [-0.05, 0) is 62.1 Å². The van der Waals surface area contributed by atoms with Gasteiger partial charge in [0, 0.05) is 30.1 Å². The molecule has 0 radical (unpaired) electrons. The third kappa shape index (κ3) is 6.68. The summed E-state index contributed by atoms with van der Waals surface area (Å²) in [4.78, 5) is 29.6. The van der Waals surface area contributed by atoms with Crippen LogP contribution in [0.3, 0.4) is 0 Å². The average Bonchev–Trinajstić information content (AvgIpc) is 3.55. The fourth-order valence-corrected chi connectivity index (χ4v) is 8.17. The standard InChI is InChI=1S/C32H33N3O6S3/c1-3-34-24-9-5-7-11-26(24)42-28(34)15-13-22-19-23(14-16-29-35(4-2)25-10-6-8-12-27(25)43-29)21-32(20-22,31(37)38)30(36)33-17-18-44(39,40)41/h5-16,19H,3-4,17-18,20-21H2,1-2H3,(H2-,33,36,37,38,39,40,41)/p+1. The minimum atomic E-state index is -4.33. The Morgan fingerprint density at radius 1 is 1.07 bits per heavy atom. The lowest BCUT2D eigenvalue weighted by Crippen LogP contribution is -2.49. The van der Waals surface area contributed by atoms with E-state index in [-0.39, 0.29) is 12.8 Å². The van der Waals surface area contributed by atoms with Gasteiger partial charge in [0.15, 0.2) is 5.41 Å². The van der Waals surface area contributed by atoms with E-state index in [4.69, 9.17) is 4.55 Å². The SMILES string of the molecule is CCN1/C(=C/C=C2C=C(/C=C/c3sc4ccccc4[n+]3CC)CC(C(=O)O)(C(=O)NCCS(=O)(=O)O)C/2)Sc2ccccc21. The van der Waals surface area contributed by atoms with E-state index in [0.29, 0.717) is 11.1 Å². The molecule has 5 rings (SSSR count). The maximum absolute atomic E-state index is 13.5. The van der Waals surface area contributed by atoms with Gasteiger partial charge in [0.1, 0.15) is 11.2 Å². The second-order valence-electron chi connectivity index (χ2n) is 10.5. The summed E-state index contributed by atoms with van der Waals surface area (Å²) in [6.45, 7) is 5.24. The van der Waals surface area contributed by atoms with Crippen molar-refractivity contribution in [2.24, 2.45) is 5.41 Å². The summed E-state index contributed by atoms with van der Waals surface area (Å²) in [7, 11) is -4.33. The van der Waals surface area contributed by atoms with E-state index in [1.165, 1.54) is 0 Å². The number of aliphatic carboxylic acids is 1. The number of allylic oxidation sites excluding steroid dienone is 6. The number of benzene rings is 2. The van der Waals surface area contributed by atoms with Crippen LogP contribution in [-0.2, 0) is 26.3 Å². The summed E-state index contributed by atoms with van der Waals surface area (Å²) in [6, 6.07) is 16.2. The van der Waals surface area contributed by atoms with Crippen molar-refractivity contribution < 1.29 is 32.2 Å². The van der Waals surface area contributed by atoms with Crippen molar-refractivity contribution in [1.82, 2.24) is 5.32 Å². The molecule has 3 N–H and O–H groups in total. The van der Waals surface area contributed by atoms with Gasteiger partial charge in [-0.15, -0.1) is 0 Å². The number of aromatic nitrogens is 1. The first-order chi connectivity index (χ1) is 21.0. The average molecular weight is 653 g/mol. The Morgan fingerprint density at radius 2 is 1.82 bits per heavy atom. The van der Waals surface area contributed by atoms with Gasteiger partial charge in [-0.1, -0.05) is 65.6 Å². The predicted molar refractivity (Wildman–Crippen MR) is 175 cm³/mol. The van der Waals surface area contributed by atoms with Crippen molar-refractivity contribution in [3.05, 3.63) is 94.0 Å². The molecule has 0 spiro atoms. The first kappa shape index (κ1) is 31.7. The Balaban J connectivity index is 1.52. The molecule has 12 heteroatoms. The number of carbonyl (C=O) groups is 2. The van der Waals surface area contributed by atoms with Crippen LogP contribution in [0.25, 0.3) is 16.3 Å². The molecule has 1 aliphatic heterocycles. The monoisotopic (exact) mass is 652 g/mol. The van der Waals surface area contributed by atoms with Gasteiger partial charge in [-0.2, -0.15) is 13.0 Å². The van der Waals surface area contributed by atoms with Crippen molar-refractivity contribution in [1.29, 1.82) is 0 Å². The van der Waals surface area contributed by atoms with Gasteiger partial charge < -0.3 is 15.3 Å². The zero-order chi connectivity index (χ0) is 31.5. The number of carbonyl (C=O) groups excluding carboxylic acids is 1. The molecule has 1 aliphatic carbocycles. The predicted octanol–water partition coefficient (Wildman–Crippen LogP) is 5.42. The number of amides is 1. The quantitative estimate of drug-likeness (QED) is 0.151. The number of nitrogens with one attached hydrogen (secondary N) is 1. The van der Waals surface area contributed by atoms with Gasteiger partial charge in [0.25, 0.3) is 15.1 Å². The molecule has 2 aliphatic rings. The number of para-hydroxylation sites is 2. The normalized spacial score (nSPS) is 20.4. The van der Waals surface area contributed by atoms with Crippen molar-refractivity contribution in [2.75, 3.05) is 23.7 Å². The lowest BCUT2D eigenvalue weighted by atomic mass is 9.71. The maximum atomic E-state index is 13.5. The Kier molecular flexibility index (Phi) is 9.45. The van der Waals surface area contributed by atoms with Crippen LogP contribution >= 0.6 is 23.1 Å². The molecular weight excluding hydrogens is 619 g/mol. The van der Waals surface area contributed by atoms with E-state index >= 15 is 0 Å². The van der Waals surface area contributed by atoms with E-state index in [1.807, 2.05) is 54.6 Å². The molecule has 9 nitrogen and oxygen atoms in total. The highest BCUT2D eigenvalue weighted by Crippen LogP contribution is 2.46. The molecule has 1 aromatic heterocycles. The Bertz CT molecular complexity index is 1840. The number of aryl methyl sites for hydroxylation is 1. The highest BCUT2D eigenvalue weighted by Gasteiger charge is 2.48. The summed E-state index contributed by atoms with van der Waals surface area (Å²) in [5, 5.41) is 14.9. The molecule has 44 heavy (non-hydrogen) atoms. The van der Waals surface area contributed by atoms with Crippen molar-refractivity contribution in [3.63, 3.8) is 0 Å². The number of carboxylic acids is 1. The Morgan fingerprint density at radius 3 is 2.55 bits per heavy atom. The van der Waals surface area contributed by atoms with Crippen LogP contribution in [0.4, 0.5) is 5.69 Å². The number of thiazole rings is 1. The van der Waals surface area contributed by atoms with Crippen molar-refractivity contribution in [2.45, 2.75) is 38.1 Å². The van der Waals surface area contributed by atoms with E-state index in [9.17, 15) is 23.1 Å². The fourth-order valence-electron chi connectivity index (χ4n) is 5.55. The van der Waals surface area contributed by atoms with E-state index in [1.54, 1.807) is 23.1 Å². The van der Waals surface area contributed by atoms with Crippen molar-refractivity contribution >= 4 is 67.1 Å². The van der Waals surface area contributed by atoms with Crippen LogP contribution < -0.4 is 14.8 Å². The molecule has 2 aromatic carbocycles. The molecular formula is C32H34N3O6S3+. The number of rotatable bonds is 10. The smallest absolute Gasteiger partial charge is 0.319 e. The number of thioether (sulfide) groups is 1. The number of nitrogens with zero attached hydrogens (tertiary/aromatic N) is 2. The largest absolute Gasteiger partial charge is 0.480 e. The first-order valence-electron chi connectivity index (χ1n) is 14.3. The van der Waals surface area contributed by atoms with E-state index in [0.717, 1.165) is 43.9 Å². The summed E-state index contributed by atoms with van der Waals surface area (Å²) in [5.74, 6) is -2.81. The highest BCUT2D eigenvalue weighted by molar-refractivity contribution is 8.03. The van der Waals surface area contributed by atoms with Crippen LogP contribution in [0, 0.1) is 5.41 Å². The van der Waals surface area contributed by atoms with E-state index < -0.39 is 39.7 Å². The molecule has 1 amide bonds. The summed E-state index contributed by atoms with van der Waals surface area (Å²) >= 11 is 3.26. The van der Waals surface area contributed by atoms with Gasteiger partial charge >= 0.3 is 5.97 Å². The van der Waals surface area contributed by atoms with Crippen LogP contribution in [0.2, 0.25) is 0 Å². The topological polar surface area (TPSA) is 128 Å². The minimum Gasteiger partial charge on any atom is -0.480 e. The number of fused-ring (bicyclic) bond motifs is 2. The zero-order valence-corrected chi connectivity index (χ0v) is 26.8. The van der Waals surface area contributed by atoms with Gasteiger partial charge in [-0.3, -0.25) is 14.1 Å². The number of hydrogen-bond donors (Lipinski definition) is 3. The van der Waals surface area contributed by atoms with Crippen molar-refractivity contribution in [3.8, 4) is 0 Å². The second kappa shape index (κ2) is 13.1. The van der Waals surface area contributed by atoms with Crippen LogP contribution in [0.1, 0.15) is 31.7 Å². The fraction of sp³-hybridized carbons (Fsp3) is 0.281. The lowest BCUT2D eigenvalue weighted by molar-refractivity contribution is -0.665. The summed E-state index contributed by atoms with van der Waals surface area (Å²) < 4.78 is 34.9. The van der Waals surface area contributed by atoms with E-state index in [2.05, 4.69) is 52.9 Å². The first-order valence-corrected chi connectivity index (χ1v) is 17.5. The highest BCUT2D eigenvalue weighted by atomic mass is 32.2. The minimum absolute atomic E-state index is 0.0806. The van der Waals surface area contributed by atoms with Gasteiger partial charge in [-0.25, -0.2) is 0 Å². The molecule has 0 fully saturated rings. The molecule has 0 bridgehead atoms. The molecule has 3 aromatic rings. The number of hydrogen-bond acceptors (Lipinski definition) is 7. The molecule has 0 saturated heterocycles. The summed E-state index contributed by atoms with van der Waals surface area (Å²) in [5.41, 5.74) is 1.66. The Labute approximate surface area is 265 Å². The van der Waals surface area contributed by atoms with Gasteiger partial charge in [0.2, 0.25) is 11.4 Å². The number of anilines is 1. The summed E-state index contributed by atoms with van der Waals surface area (Å²) in [6.07, 6.45) is 9.38. The van der Waals surface area contributed by atoms with Gasteiger partial charge in [0.05, 0.1) is 16.5 Å². The van der Waals surface area contributed by atoms with Crippen LogP contribution in [0.15, 0.2) is 93.9 Å². The zero-order valence-electron chi connectivity index (χ0n) is 24.4. The number of carboxylic acid groups (broad SMARTS) is 1. The molecule has 2 heterocycles. The van der Waals surface area contributed by atoms with Crippen LogP contribution in [0.5, 0.6) is 0 Å². The third-order valence-electron chi connectivity index (χ3n) is 7.66. The third-order valence-corrected chi connectivity index (χ3v) is 10.6.